The lowest BCUT2D eigenvalue weighted by Gasteiger charge is -2.50. The van der Waals surface area contributed by atoms with E-state index in [1.54, 1.807) is 0 Å². The molecule has 0 amide bonds. The van der Waals surface area contributed by atoms with Crippen LogP contribution in [0.25, 0.3) is 0 Å². The zero-order valence-electron chi connectivity index (χ0n) is 13.7. The first-order valence-electron chi connectivity index (χ1n) is 8.64. The minimum Gasteiger partial charge on any atom is -0.386 e. The topological polar surface area (TPSA) is 21.7 Å². The van der Waals surface area contributed by atoms with Crippen LogP contribution < -0.4 is 0 Å². The number of hydrogen-bond donors (Lipinski definition) is 0. The highest BCUT2D eigenvalue weighted by Crippen LogP contribution is 2.39. The highest BCUT2D eigenvalue weighted by Gasteiger charge is 2.49. The van der Waals surface area contributed by atoms with Gasteiger partial charge in [0.05, 0.1) is 0 Å². The van der Waals surface area contributed by atoms with Gasteiger partial charge in [-0.25, -0.2) is 0 Å². The molecule has 2 atom stereocenters. The van der Waals surface area contributed by atoms with E-state index in [1.165, 1.54) is 64.3 Å². The zero-order valence-corrected chi connectivity index (χ0v) is 14.7. The zero-order chi connectivity index (χ0) is 14.4. The summed E-state index contributed by atoms with van der Waals surface area (Å²) in [5.74, 6) is 0.904. The van der Waals surface area contributed by atoms with Gasteiger partial charge in [-0.3, -0.25) is 4.57 Å². The van der Waals surface area contributed by atoms with Gasteiger partial charge in [-0.05, 0) is 44.6 Å². The van der Waals surface area contributed by atoms with Crippen molar-refractivity contribution in [1.29, 1.82) is 0 Å². The highest BCUT2D eigenvalue weighted by molar-refractivity contribution is 6.64. The third-order valence-electron chi connectivity index (χ3n) is 5.41. The second kappa shape index (κ2) is 7.92. The van der Waals surface area contributed by atoms with Gasteiger partial charge < -0.3 is 8.85 Å². The minimum atomic E-state index is -2.15. The fraction of sp³-hybridized carbons (Fsp3) is 1.00. The van der Waals surface area contributed by atoms with Crippen molar-refractivity contribution in [1.82, 2.24) is 4.57 Å². The van der Waals surface area contributed by atoms with E-state index in [0.29, 0.717) is 0 Å². The van der Waals surface area contributed by atoms with Crippen LogP contribution in [0.3, 0.4) is 0 Å². The summed E-state index contributed by atoms with van der Waals surface area (Å²) in [5.41, 5.74) is 0. The molecule has 1 heterocycles. The number of hydrogen-bond acceptors (Lipinski definition) is 3. The Morgan fingerprint density at radius 1 is 1.00 bits per heavy atom. The van der Waals surface area contributed by atoms with Crippen LogP contribution in [-0.2, 0) is 8.85 Å². The third kappa shape index (κ3) is 3.46. The van der Waals surface area contributed by atoms with Crippen molar-refractivity contribution in [2.24, 2.45) is 5.92 Å². The largest absolute Gasteiger partial charge is 0.427 e. The third-order valence-corrected chi connectivity index (χ3v) is 9.11. The molecule has 2 fully saturated rings. The molecule has 0 N–H and O–H groups in total. The molecule has 2 aliphatic rings. The van der Waals surface area contributed by atoms with Gasteiger partial charge in [-0.2, -0.15) is 0 Å². The summed E-state index contributed by atoms with van der Waals surface area (Å²) in [6, 6.07) is 1.88. The summed E-state index contributed by atoms with van der Waals surface area (Å²) in [6.07, 6.45) is 12.2. The first-order chi connectivity index (χ1) is 9.77. The summed E-state index contributed by atoms with van der Waals surface area (Å²) < 4.78 is 14.8. The number of rotatable bonds is 7. The molecule has 20 heavy (non-hydrogen) atoms. The maximum Gasteiger partial charge on any atom is 0.427 e. The van der Waals surface area contributed by atoms with Crippen molar-refractivity contribution < 1.29 is 8.85 Å². The van der Waals surface area contributed by atoms with E-state index in [-0.39, 0.29) is 0 Å². The molecule has 1 saturated heterocycles. The number of piperidine rings is 1. The number of fused-ring (bicyclic) bond motifs is 1. The Kier molecular flexibility index (Phi) is 6.52. The summed E-state index contributed by atoms with van der Waals surface area (Å²) >= 11 is 0. The average Bonchev–Trinajstić information content (AvgIpc) is 2.52. The molecule has 1 aliphatic carbocycles. The maximum atomic E-state index is 6.06. The fourth-order valence-electron chi connectivity index (χ4n) is 4.31. The lowest BCUT2D eigenvalue weighted by Crippen LogP contribution is -2.64. The summed E-state index contributed by atoms with van der Waals surface area (Å²) in [4.78, 5) is 0. The van der Waals surface area contributed by atoms with Crippen LogP contribution >= 0.6 is 0 Å². The van der Waals surface area contributed by atoms with E-state index in [9.17, 15) is 0 Å². The molecule has 0 aromatic carbocycles. The first-order valence-corrected chi connectivity index (χ1v) is 10.6. The van der Waals surface area contributed by atoms with Gasteiger partial charge >= 0.3 is 8.72 Å². The molecule has 0 aromatic heterocycles. The van der Waals surface area contributed by atoms with Gasteiger partial charge in [-0.15, -0.1) is 0 Å². The molecule has 1 saturated carbocycles. The molecular formula is C16H33NO2Si. The van der Waals surface area contributed by atoms with Gasteiger partial charge in [0.15, 0.2) is 0 Å². The minimum absolute atomic E-state index is 0.741. The molecule has 0 spiro atoms. The van der Waals surface area contributed by atoms with E-state index >= 15 is 0 Å². The predicted octanol–water partition coefficient (Wildman–Crippen LogP) is 4.06. The molecule has 2 unspecified atom stereocenters. The number of nitrogens with zero attached hydrogens (tertiary/aromatic N) is 1. The molecule has 2 rings (SSSR count). The van der Waals surface area contributed by atoms with Crippen LogP contribution in [0.4, 0.5) is 0 Å². The second-order valence-electron chi connectivity index (χ2n) is 6.53. The molecule has 3 nitrogen and oxygen atoms in total. The van der Waals surface area contributed by atoms with Crippen molar-refractivity contribution in [3.8, 4) is 0 Å². The summed E-state index contributed by atoms with van der Waals surface area (Å²) in [7, 11) is 1.61. The lowest BCUT2D eigenvalue weighted by molar-refractivity contribution is 0.0595. The Labute approximate surface area is 126 Å². The normalized spacial score (nSPS) is 28.4. The summed E-state index contributed by atoms with van der Waals surface area (Å²) in [5, 5.41) is 0. The molecule has 1 aliphatic heterocycles. The van der Waals surface area contributed by atoms with Gasteiger partial charge in [0.2, 0.25) is 0 Å². The van der Waals surface area contributed by atoms with Crippen LogP contribution in [0, 0.1) is 5.92 Å². The predicted molar refractivity (Wildman–Crippen MR) is 85.8 cm³/mol. The van der Waals surface area contributed by atoms with Crippen LogP contribution in [0.15, 0.2) is 0 Å². The monoisotopic (exact) mass is 299 g/mol. The molecule has 4 heteroatoms. The summed E-state index contributed by atoms with van der Waals surface area (Å²) in [6.45, 7) is 3.46. The van der Waals surface area contributed by atoms with E-state index in [2.05, 4.69) is 11.5 Å². The van der Waals surface area contributed by atoms with Gasteiger partial charge in [0.1, 0.15) is 0 Å². The SMILES string of the molecule is CCCCC[Si](OC)(OC)N1CCCC2CCCCC21. The van der Waals surface area contributed by atoms with Crippen molar-refractivity contribution in [3.05, 3.63) is 0 Å². The Balaban J connectivity index is 2.09. The quantitative estimate of drug-likeness (QED) is 0.522. The Morgan fingerprint density at radius 3 is 2.40 bits per heavy atom. The molecule has 0 bridgehead atoms. The molecule has 118 valence electrons. The van der Waals surface area contributed by atoms with Gasteiger partial charge in [0.25, 0.3) is 0 Å². The highest BCUT2D eigenvalue weighted by atomic mass is 28.4. The fourth-order valence-corrected chi connectivity index (χ4v) is 7.68. The van der Waals surface area contributed by atoms with Crippen LogP contribution in [0.2, 0.25) is 6.04 Å². The standard InChI is InChI=1S/C16H33NO2Si/c1-4-5-8-14-20(18-2,19-3)17-13-9-11-15-10-6-7-12-16(15)17/h15-16H,4-14H2,1-3H3. The van der Waals surface area contributed by atoms with Crippen LogP contribution in [0.1, 0.15) is 64.7 Å². The van der Waals surface area contributed by atoms with Crippen LogP contribution in [-0.4, -0.2) is 40.1 Å². The van der Waals surface area contributed by atoms with Crippen molar-refractivity contribution >= 4 is 8.72 Å². The van der Waals surface area contributed by atoms with E-state index in [0.717, 1.165) is 18.0 Å². The van der Waals surface area contributed by atoms with E-state index in [4.69, 9.17) is 8.85 Å². The average molecular weight is 300 g/mol. The Hall–Kier alpha value is 0.0969. The Bertz CT molecular complexity index is 282. The molecule has 0 aromatic rings. The lowest BCUT2D eigenvalue weighted by atomic mass is 9.79. The Morgan fingerprint density at radius 2 is 1.70 bits per heavy atom. The van der Waals surface area contributed by atoms with Crippen molar-refractivity contribution in [3.63, 3.8) is 0 Å². The first kappa shape index (κ1) is 16.5. The molecular weight excluding hydrogens is 266 g/mol. The van der Waals surface area contributed by atoms with E-state index < -0.39 is 8.72 Å². The van der Waals surface area contributed by atoms with Crippen molar-refractivity contribution in [2.75, 3.05) is 20.8 Å². The second-order valence-corrected chi connectivity index (χ2v) is 9.84. The smallest absolute Gasteiger partial charge is 0.386 e. The van der Waals surface area contributed by atoms with Gasteiger partial charge in [0, 0.05) is 26.3 Å². The van der Waals surface area contributed by atoms with E-state index in [1.807, 2.05) is 14.2 Å². The maximum absolute atomic E-state index is 6.06. The van der Waals surface area contributed by atoms with Gasteiger partial charge in [-0.1, -0.05) is 32.6 Å². The number of unbranched alkanes of at least 4 members (excludes halogenated alkanes) is 2. The molecule has 0 radical (unpaired) electrons. The van der Waals surface area contributed by atoms with Crippen molar-refractivity contribution in [2.45, 2.75) is 76.8 Å². The van der Waals surface area contributed by atoms with Crippen LogP contribution in [0.5, 0.6) is 0 Å².